The molecule has 1 aromatic heterocycles. The second kappa shape index (κ2) is 4.05. The monoisotopic (exact) mass is 252 g/mol. The van der Waals surface area contributed by atoms with Gasteiger partial charge in [0.25, 0.3) is 0 Å². The van der Waals surface area contributed by atoms with Crippen molar-refractivity contribution in [2.45, 2.75) is 13.8 Å². The van der Waals surface area contributed by atoms with Crippen molar-refractivity contribution >= 4 is 16.6 Å². The molecule has 96 valence electrons. The number of nitrogen functional groups attached to an aromatic ring is 1. The van der Waals surface area contributed by atoms with E-state index in [2.05, 4.69) is 24.0 Å². The number of aromatic nitrogens is 1. The highest BCUT2D eigenvalue weighted by Crippen LogP contribution is 2.34. The summed E-state index contributed by atoms with van der Waals surface area (Å²) in [5.74, 6) is 0.164. The smallest absolute Gasteiger partial charge is 0.141 e. The summed E-state index contributed by atoms with van der Waals surface area (Å²) in [6.07, 6.45) is 0. The Morgan fingerprint density at radius 2 is 1.84 bits per heavy atom. The number of anilines is 1. The van der Waals surface area contributed by atoms with E-state index in [1.54, 1.807) is 6.07 Å². The third kappa shape index (κ3) is 1.74. The fraction of sp³-hybridized carbons (Fsp3) is 0.125. The van der Waals surface area contributed by atoms with Crippen molar-refractivity contribution < 1.29 is 5.11 Å². The van der Waals surface area contributed by atoms with Gasteiger partial charge in [-0.05, 0) is 43.2 Å². The number of hydrogen-bond donors (Lipinski definition) is 3. The first-order valence-corrected chi connectivity index (χ1v) is 6.24. The van der Waals surface area contributed by atoms with Crippen molar-refractivity contribution in [1.29, 1.82) is 0 Å². The van der Waals surface area contributed by atoms with E-state index in [-0.39, 0.29) is 5.75 Å². The lowest BCUT2D eigenvalue weighted by Crippen LogP contribution is -1.90. The molecule has 4 N–H and O–H groups in total. The molecular formula is C16H16N2O. The zero-order chi connectivity index (χ0) is 13.6. The van der Waals surface area contributed by atoms with E-state index in [4.69, 9.17) is 5.73 Å². The van der Waals surface area contributed by atoms with Gasteiger partial charge >= 0.3 is 0 Å². The van der Waals surface area contributed by atoms with Gasteiger partial charge in [-0.15, -0.1) is 0 Å². The van der Waals surface area contributed by atoms with Gasteiger partial charge in [-0.1, -0.05) is 18.2 Å². The Hall–Kier alpha value is -2.42. The summed E-state index contributed by atoms with van der Waals surface area (Å²) < 4.78 is 0. The van der Waals surface area contributed by atoms with Crippen LogP contribution in [0.1, 0.15) is 11.1 Å². The SMILES string of the molecule is Cc1cc(-c2[nH]c3ccccc3c2C)cc(N)c1O. The normalized spacial score (nSPS) is 11.1. The maximum atomic E-state index is 9.75. The molecule has 3 rings (SSSR count). The van der Waals surface area contributed by atoms with Crippen LogP contribution in [0.5, 0.6) is 5.75 Å². The molecule has 0 spiro atoms. The second-order valence-corrected chi connectivity index (χ2v) is 4.90. The van der Waals surface area contributed by atoms with Crippen LogP contribution in [0.4, 0.5) is 5.69 Å². The number of aromatic amines is 1. The molecule has 3 nitrogen and oxygen atoms in total. The summed E-state index contributed by atoms with van der Waals surface area (Å²) in [7, 11) is 0. The zero-order valence-electron chi connectivity index (χ0n) is 11.0. The molecular weight excluding hydrogens is 236 g/mol. The van der Waals surface area contributed by atoms with Crippen LogP contribution >= 0.6 is 0 Å². The molecule has 0 radical (unpaired) electrons. The predicted octanol–water partition coefficient (Wildman–Crippen LogP) is 3.74. The Kier molecular flexibility index (Phi) is 2.49. The summed E-state index contributed by atoms with van der Waals surface area (Å²) in [6, 6.07) is 12.0. The molecule has 0 saturated heterocycles. The minimum Gasteiger partial charge on any atom is -0.506 e. The quantitative estimate of drug-likeness (QED) is 0.456. The highest BCUT2D eigenvalue weighted by atomic mass is 16.3. The minimum absolute atomic E-state index is 0.164. The number of para-hydroxylation sites is 1. The van der Waals surface area contributed by atoms with E-state index < -0.39 is 0 Å². The highest BCUT2D eigenvalue weighted by Gasteiger charge is 2.11. The van der Waals surface area contributed by atoms with Crippen molar-refractivity contribution in [3.63, 3.8) is 0 Å². The number of rotatable bonds is 1. The lowest BCUT2D eigenvalue weighted by Gasteiger charge is -2.07. The lowest BCUT2D eigenvalue weighted by atomic mass is 10.0. The Balaban J connectivity index is 2.27. The van der Waals surface area contributed by atoms with Gasteiger partial charge in [0.1, 0.15) is 5.75 Å². The summed E-state index contributed by atoms with van der Waals surface area (Å²) >= 11 is 0. The molecule has 3 aromatic rings. The van der Waals surface area contributed by atoms with Gasteiger partial charge in [-0.25, -0.2) is 0 Å². The van der Waals surface area contributed by atoms with E-state index in [1.165, 1.54) is 10.9 Å². The van der Waals surface area contributed by atoms with E-state index >= 15 is 0 Å². The molecule has 1 heterocycles. The van der Waals surface area contributed by atoms with Gasteiger partial charge in [0.05, 0.1) is 5.69 Å². The Morgan fingerprint density at radius 1 is 1.11 bits per heavy atom. The molecule has 0 unspecified atom stereocenters. The van der Waals surface area contributed by atoms with Crippen LogP contribution in [0, 0.1) is 13.8 Å². The highest BCUT2D eigenvalue weighted by molar-refractivity contribution is 5.91. The first-order valence-electron chi connectivity index (χ1n) is 6.24. The van der Waals surface area contributed by atoms with Gasteiger partial charge in [-0.2, -0.15) is 0 Å². The van der Waals surface area contributed by atoms with Crippen molar-refractivity contribution in [1.82, 2.24) is 4.98 Å². The van der Waals surface area contributed by atoms with E-state index in [9.17, 15) is 5.11 Å². The average Bonchev–Trinajstić information content (AvgIpc) is 2.73. The van der Waals surface area contributed by atoms with E-state index in [1.807, 2.05) is 25.1 Å². The molecule has 3 heteroatoms. The third-order valence-electron chi connectivity index (χ3n) is 3.58. The summed E-state index contributed by atoms with van der Waals surface area (Å²) in [6.45, 7) is 3.94. The van der Waals surface area contributed by atoms with E-state index in [0.717, 1.165) is 22.3 Å². The largest absolute Gasteiger partial charge is 0.506 e. The van der Waals surface area contributed by atoms with E-state index in [0.29, 0.717) is 5.69 Å². The van der Waals surface area contributed by atoms with Gasteiger partial charge in [0.2, 0.25) is 0 Å². The average molecular weight is 252 g/mol. The van der Waals surface area contributed by atoms with Gasteiger partial charge in [0.15, 0.2) is 0 Å². The summed E-state index contributed by atoms with van der Waals surface area (Å²) in [5, 5.41) is 11.0. The van der Waals surface area contributed by atoms with Crippen LogP contribution in [-0.2, 0) is 0 Å². The standard InChI is InChI=1S/C16H16N2O/c1-9-7-11(8-13(17)16(9)19)15-10(2)12-5-3-4-6-14(12)18-15/h3-8,18-19H,17H2,1-2H3. The lowest BCUT2D eigenvalue weighted by molar-refractivity contribution is 0.474. The van der Waals surface area contributed by atoms with Gasteiger partial charge < -0.3 is 15.8 Å². The Morgan fingerprint density at radius 3 is 2.53 bits per heavy atom. The number of benzene rings is 2. The van der Waals surface area contributed by atoms with Crippen molar-refractivity contribution in [3.05, 3.63) is 47.5 Å². The molecule has 0 bridgehead atoms. The first-order chi connectivity index (χ1) is 9.08. The van der Waals surface area contributed by atoms with Gasteiger partial charge in [-0.3, -0.25) is 0 Å². The number of aryl methyl sites for hydroxylation is 2. The Labute approximate surface area is 111 Å². The zero-order valence-corrected chi connectivity index (χ0v) is 11.0. The molecule has 19 heavy (non-hydrogen) atoms. The van der Waals surface area contributed by atoms with Crippen molar-refractivity contribution in [2.24, 2.45) is 0 Å². The number of phenols is 1. The molecule has 0 aliphatic rings. The van der Waals surface area contributed by atoms with Crippen LogP contribution in [0.15, 0.2) is 36.4 Å². The number of phenolic OH excluding ortho intramolecular Hbond substituents is 1. The minimum atomic E-state index is 0.164. The molecule has 0 fully saturated rings. The van der Waals surface area contributed by atoms with Crippen LogP contribution in [-0.4, -0.2) is 10.1 Å². The molecule has 0 aliphatic carbocycles. The molecule has 0 atom stereocenters. The fourth-order valence-electron chi connectivity index (χ4n) is 2.52. The Bertz CT molecular complexity index is 749. The van der Waals surface area contributed by atoms with Gasteiger partial charge in [0, 0.05) is 22.2 Å². The maximum absolute atomic E-state index is 9.75. The first kappa shape index (κ1) is 11.7. The maximum Gasteiger partial charge on any atom is 0.141 e. The number of nitrogens with one attached hydrogen (secondary N) is 1. The number of fused-ring (bicyclic) bond motifs is 1. The van der Waals surface area contributed by atoms with Crippen LogP contribution in [0.3, 0.4) is 0 Å². The topological polar surface area (TPSA) is 62.0 Å². The van der Waals surface area contributed by atoms with Crippen molar-refractivity contribution in [2.75, 3.05) is 5.73 Å². The number of nitrogens with two attached hydrogens (primary N) is 1. The number of hydrogen-bond acceptors (Lipinski definition) is 2. The van der Waals surface area contributed by atoms with Crippen LogP contribution < -0.4 is 5.73 Å². The fourth-order valence-corrected chi connectivity index (χ4v) is 2.52. The van der Waals surface area contributed by atoms with Crippen LogP contribution in [0.25, 0.3) is 22.2 Å². The molecule has 0 aliphatic heterocycles. The van der Waals surface area contributed by atoms with Crippen LogP contribution in [0.2, 0.25) is 0 Å². The molecule has 0 amide bonds. The second-order valence-electron chi connectivity index (χ2n) is 4.90. The third-order valence-corrected chi connectivity index (χ3v) is 3.58. The summed E-state index contributed by atoms with van der Waals surface area (Å²) in [5.41, 5.74) is 11.4. The number of aromatic hydroxyl groups is 1. The summed E-state index contributed by atoms with van der Waals surface area (Å²) in [4.78, 5) is 3.42. The number of H-pyrrole nitrogens is 1. The predicted molar refractivity (Wildman–Crippen MR) is 79.3 cm³/mol. The molecule has 2 aromatic carbocycles. The van der Waals surface area contributed by atoms with Crippen molar-refractivity contribution in [3.8, 4) is 17.0 Å². The molecule has 0 saturated carbocycles.